The molecule has 1 aliphatic heterocycles. The van der Waals surface area contributed by atoms with Crippen LogP contribution in [-0.2, 0) is 5.79 Å². The number of hydrogen-bond acceptors (Lipinski definition) is 5. The molecular formula is C35H32O5. The predicted octanol–water partition coefficient (Wildman–Crippen LogP) is 7.87. The number of fused-ring (bicyclic) bond motifs is 4. The van der Waals surface area contributed by atoms with E-state index in [-0.39, 0.29) is 28.4 Å². The zero-order valence-corrected chi connectivity index (χ0v) is 22.7. The van der Waals surface area contributed by atoms with E-state index in [0.29, 0.717) is 29.2 Å². The van der Waals surface area contributed by atoms with Crippen LogP contribution in [0.25, 0.3) is 0 Å². The van der Waals surface area contributed by atoms with Crippen LogP contribution in [0.4, 0.5) is 0 Å². The van der Waals surface area contributed by atoms with E-state index >= 15 is 0 Å². The molecule has 0 aromatic heterocycles. The molecule has 0 saturated carbocycles. The van der Waals surface area contributed by atoms with Crippen molar-refractivity contribution in [1.82, 2.24) is 0 Å². The Morgan fingerprint density at radius 1 is 0.650 bits per heavy atom. The maximum atomic E-state index is 14.0. The summed E-state index contributed by atoms with van der Waals surface area (Å²) in [7, 11) is 0. The Kier molecular flexibility index (Phi) is 7.12. The fourth-order valence-corrected chi connectivity index (χ4v) is 5.60. The van der Waals surface area contributed by atoms with Gasteiger partial charge >= 0.3 is 5.79 Å². The largest absolute Gasteiger partial charge is 0.493 e. The lowest BCUT2D eigenvalue weighted by Crippen LogP contribution is -2.37. The normalized spacial score (nSPS) is 14.5. The molecule has 0 saturated heterocycles. The van der Waals surface area contributed by atoms with Gasteiger partial charge in [-0.05, 0) is 6.42 Å². The molecule has 0 radical (unpaired) electrons. The quantitative estimate of drug-likeness (QED) is 0.171. The van der Waals surface area contributed by atoms with Gasteiger partial charge in [0.1, 0.15) is 5.75 Å². The zero-order chi connectivity index (χ0) is 27.5. The van der Waals surface area contributed by atoms with Gasteiger partial charge in [-0.2, -0.15) is 0 Å². The lowest BCUT2D eigenvalue weighted by molar-refractivity contribution is -0.0461. The van der Waals surface area contributed by atoms with Gasteiger partial charge in [0.15, 0.2) is 23.1 Å². The summed E-state index contributed by atoms with van der Waals surface area (Å²) in [4.78, 5) is 27.8. The first-order chi connectivity index (χ1) is 19.6. The van der Waals surface area contributed by atoms with E-state index in [2.05, 4.69) is 6.92 Å². The molecule has 40 heavy (non-hydrogen) atoms. The molecule has 5 nitrogen and oxygen atoms in total. The number of hydrogen-bond donors (Lipinski definition) is 0. The van der Waals surface area contributed by atoms with Gasteiger partial charge < -0.3 is 14.2 Å². The second kappa shape index (κ2) is 11.0. The summed E-state index contributed by atoms with van der Waals surface area (Å²) in [6, 6.07) is 27.9. The molecule has 0 amide bonds. The second-order valence-electron chi connectivity index (χ2n) is 10.3. The van der Waals surface area contributed by atoms with E-state index < -0.39 is 5.79 Å². The van der Waals surface area contributed by atoms with E-state index in [4.69, 9.17) is 14.2 Å². The summed E-state index contributed by atoms with van der Waals surface area (Å²) in [5, 5.41) is 0. The molecule has 0 spiro atoms. The standard InChI is InChI=1S/C35H32O5/c1-2-3-4-5-6-15-22-38-28-23-29-34(31-30(28)32(36)26-20-13-14-21-27(26)33(31)37)40-35(39-29,24-16-9-7-10-17-24)25-18-11-8-12-19-25/h7-14,16-21,23H,2-6,15,22H2,1H3. The molecule has 1 heterocycles. The molecule has 4 aromatic carbocycles. The first kappa shape index (κ1) is 25.9. The summed E-state index contributed by atoms with van der Waals surface area (Å²) in [5.41, 5.74) is 2.73. The SMILES string of the molecule is CCCCCCCCOc1cc2c(c3c1C(=O)c1ccccc1C3=O)OC(c1ccccc1)(c1ccccc1)O2. The van der Waals surface area contributed by atoms with Gasteiger partial charge in [-0.3, -0.25) is 9.59 Å². The van der Waals surface area contributed by atoms with Crippen molar-refractivity contribution in [2.75, 3.05) is 6.61 Å². The first-order valence-electron chi connectivity index (χ1n) is 14.2. The Balaban J connectivity index is 1.44. The molecule has 1 aliphatic carbocycles. The Morgan fingerprint density at radius 2 is 1.20 bits per heavy atom. The van der Waals surface area contributed by atoms with Crippen LogP contribution in [0.5, 0.6) is 17.2 Å². The van der Waals surface area contributed by atoms with Crippen LogP contribution in [0.15, 0.2) is 91.0 Å². The van der Waals surface area contributed by atoms with Crippen molar-refractivity contribution in [2.45, 2.75) is 51.2 Å². The highest BCUT2D eigenvalue weighted by Crippen LogP contribution is 2.54. The second-order valence-corrected chi connectivity index (χ2v) is 10.3. The molecule has 5 heteroatoms. The predicted molar refractivity (Wildman–Crippen MR) is 154 cm³/mol. The van der Waals surface area contributed by atoms with Crippen molar-refractivity contribution in [1.29, 1.82) is 0 Å². The number of unbranched alkanes of at least 4 members (excludes halogenated alkanes) is 5. The molecule has 0 fully saturated rings. The highest BCUT2D eigenvalue weighted by atomic mass is 16.7. The smallest absolute Gasteiger partial charge is 0.305 e. The third kappa shape index (κ3) is 4.45. The molecule has 0 atom stereocenters. The summed E-state index contributed by atoms with van der Waals surface area (Å²) < 4.78 is 19.6. The molecule has 0 bridgehead atoms. The van der Waals surface area contributed by atoms with Crippen molar-refractivity contribution < 1.29 is 23.8 Å². The van der Waals surface area contributed by atoms with E-state index in [9.17, 15) is 9.59 Å². The third-order valence-corrected chi connectivity index (χ3v) is 7.64. The minimum Gasteiger partial charge on any atom is -0.493 e. The van der Waals surface area contributed by atoms with Gasteiger partial charge in [0.05, 0.1) is 17.7 Å². The molecule has 2 aliphatic rings. The lowest BCUT2D eigenvalue weighted by atomic mass is 9.83. The van der Waals surface area contributed by atoms with Crippen molar-refractivity contribution in [3.05, 3.63) is 124 Å². The van der Waals surface area contributed by atoms with Crippen LogP contribution in [0.2, 0.25) is 0 Å². The van der Waals surface area contributed by atoms with Crippen molar-refractivity contribution >= 4 is 11.6 Å². The average Bonchev–Trinajstić information content (AvgIpc) is 3.40. The topological polar surface area (TPSA) is 61.8 Å². The van der Waals surface area contributed by atoms with Crippen molar-refractivity contribution in [3.63, 3.8) is 0 Å². The van der Waals surface area contributed by atoms with Crippen LogP contribution in [0, 0.1) is 0 Å². The fourth-order valence-electron chi connectivity index (χ4n) is 5.60. The Morgan fingerprint density at radius 3 is 1.82 bits per heavy atom. The van der Waals surface area contributed by atoms with E-state index in [1.54, 1.807) is 30.3 Å². The summed E-state index contributed by atoms with van der Waals surface area (Å²) >= 11 is 0. The number of benzene rings is 4. The van der Waals surface area contributed by atoms with Crippen LogP contribution < -0.4 is 14.2 Å². The van der Waals surface area contributed by atoms with Crippen molar-refractivity contribution in [2.24, 2.45) is 0 Å². The monoisotopic (exact) mass is 532 g/mol. The molecule has 6 rings (SSSR count). The Hall–Kier alpha value is -4.38. The average molecular weight is 533 g/mol. The van der Waals surface area contributed by atoms with Crippen molar-refractivity contribution in [3.8, 4) is 17.2 Å². The number of ether oxygens (including phenoxy) is 3. The maximum Gasteiger partial charge on any atom is 0.305 e. The van der Waals surface area contributed by atoms with Crippen LogP contribution >= 0.6 is 0 Å². The molecule has 202 valence electrons. The van der Waals surface area contributed by atoms with E-state index in [1.807, 2.05) is 60.7 Å². The lowest BCUT2D eigenvalue weighted by Gasteiger charge is -2.28. The minimum absolute atomic E-state index is 0.202. The summed E-state index contributed by atoms with van der Waals surface area (Å²) in [6.07, 6.45) is 6.71. The zero-order valence-electron chi connectivity index (χ0n) is 22.7. The highest BCUT2D eigenvalue weighted by molar-refractivity contribution is 6.30. The maximum absolute atomic E-state index is 14.0. The third-order valence-electron chi connectivity index (χ3n) is 7.64. The molecule has 0 unspecified atom stereocenters. The Bertz CT molecular complexity index is 1500. The first-order valence-corrected chi connectivity index (χ1v) is 14.2. The van der Waals surface area contributed by atoms with Gasteiger partial charge in [0.25, 0.3) is 0 Å². The van der Waals surface area contributed by atoms with Gasteiger partial charge in [-0.25, -0.2) is 0 Å². The van der Waals surface area contributed by atoms with Gasteiger partial charge in [-0.1, -0.05) is 124 Å². The number of ketones is 2. The highest BCUT2D eigenvalue weighted by Gasteiger charge is 2.49. The molecular weight excluding hydrogens is 500 g/mol. The van der Waals surface area contributed by atoms with Gasteiger partial charge in [-0.15, -0.1) is 0 Å². The molecule has 0 N–H and O–H groups in total. The number of rotatable bonds is 10. The summed E-state index contributed by atoms with van der Waals surface area (Å²) in [6.45, 7) is 2.65. The van der Waals surface area contributed by atoms with E-state index in [0.717, 1.165) is 30.4 Å². The summed E-state index contributed by atoms with van der Waals surface area (Å²) in [5.74, 6) is -0.835. The fraction of sp³-hybridized carbons (Fsp3) is 0.257. The van der Waals surface area contributed by atoms with Crippen LogP contribution in [-0.4, -0.2) is 18.2 Å². The number of carbonyl (C=O) groups is 2. The number of carbonyl (C=O) groups excluding carboxylic acids is 2. The Labute approximate surface area is 234 Å². The van der Waals surface area contributed by atoms with Crippen LogP contribution in [0.3, 0.4) is 0 Å². The van der Waals surface area contributed by atoms with Crippen LogP contribution in [0.1, 0.15) is 88.4 Å². The van der Waals surface area contributed by atoms with Gasteiger partial charge in [0, 0.05) is 28.3 Å². The molecule has 4 aromatic rings. The van der Waals surface area contributed by atoms with Gasteiger partial charge in [0.2, 0.25) is 0 Å². The minimum atomic E-state index is -1.32. The van der Waals surface area contributed by atoms with E-state index in [1.165, 1.54) is 19.3 Å².